The summed E-state index contributed by atoms with van der Waals surface area (Å²) >= 11 is 1.41. The minimum absolute atomic E-state index is 0.135. The molecule has 0 aliphatic rings. The van der Waals surface area contributed by atoms with Gasteiger partial charge in [0.1, 0.15) is 9.84 Å². The van der Waals surface area contributed by atoms with Gasteiger partial charge in [-0.15, -0.1) is 10.2 Å². The van der Waals surface area contributed by atoms with E-state index in [-0.39, 0.29) is 5.75 Å². The first-order valence-electron chi connectivity index (χ1n) is 6.50. The zero-order valence-electron chi connectivity index (χ0n) is 11.8. The van der Waals surface area contributed by atoms with Crippen molar-refractivity contribution < 1.29 is 8.42 Å². The van der Waals surface area contributed by atoms with E-state index < -0.39 is 9.84 Å². The standard InChI is InChI=1S/C14H15N3O2S2/c1-10-9-13-15-16-14(20-7-8-21(2,18)19)17(13)12-6-4-3-5-11(10)12/h3-6,9H,7-8H2,1-2H3. The molecule has 0 saturated heterocycles. The number of aromatic nitrogens is 3. The molecule has 0 atom stereocenters. The Labute approximate surface area is 127 Å². The van der Waals surface area contributed by atoms with Gasteiger partial charge < -0.3 is 0 Å². The molecule has 0 unspecified atom stereocenters. The molecule has 5 nitrogen and oxygen atoms in total. The van der Waals surface area contributed by atoms with Crippen LogP contribution in [-0.2, 0) is 9.84 Å². The number of aryl methyl sites for hydroxylation is 1. The highest BCUT2D eigenvalue weighted by Gasteiger charge is 2.12. The van der Waals surface area contributed by atoms with Crippen LogP contribution >= 0.6 is 11.8 Å². The molecule has 0 fully saturated rings. The van der Waals surface area contributed by atoms with E-state index in [0.29, 0.717) is 5.75 Å². The minimum atomic E-state index is -2.96. The number of nitrogens with zero attached hydrogens (tertiary/aromatic N) is 3. The summed E-state index contributed by atoms with van der Waals surface area (Å²) in [5.41, 5.74) is 2.98. The Kier molecular flexibility index (Phi) is 3.62. The van der Waals surface area contributed by atoms with Crippen LogP contribution < -0.4 is 0 Å². The highest BCUT2D eigenvalue weighted by molar-refractivity contribution is 8.00. The predicted molar refractivity (Wildman–Crippen MR) is 85.7 cm³/mol. The molecule has 110 valence electrons. The second-order valence-electron chi connectivity index (χ2n) is 5.00. The Morgan fingerprint density at radius 2 is 2.00 bits per heavy atom. The zero-order chi connectivity index (χ0) is 15.0. The van der Waals surface area contributed by atoms with Crippen molar-refractivity contribution in [2.75, 3.05) is 17.8 Å². The fourth-order valence-corrected chi connectivity index (χ4v) is 4.40. The van der Waals surface area contributed by atoms with Gasteiger partial charge in [-0.2, -0.15) is 0 Å². The van der Waals surface area contributed by atoms with Gasteiger partial charge in [-0.3, -0.25) is 4.40 Å². The van der Waals surface area contributed by atoms with E-state index >= 15 is 0 Å². The number of hydrogen-bond acceptors (Lipinski definition) is 5. The molecule has 0 amide bonds. The Bertz CT molecular complexity index is 917. The van der Waals surface area contributed by atoms with E-state index in [2.05, 4.69) is 16.3 Å². The number of benzene rings is 1. The number of rotatable bonds is 4. The average molecular weight is 321 g/mol. The summed E-state index contributed by atoms with van der Waals surface area (Å²) in [5, 5.41) is 10.2. The van der Waals surface area contributed by atoms with Crippen molar-refractivity contribution in [2.45, 2.75) is 12.1 Å². The monoisotopic (exact) mass is 321 g/mol. The van der Waals surface area contributed by atoms with Crippen LogP contribution in [0, 0.1) is 6.92 Å². The first-order valence-corrected chi connectivity index (χ1v) is 9.54. The van der Waals surface area contributed by atoms with Crippen molar-refractivity contribution in [3.63, 3.8) is 0 Å². The lowest BCUT2D eigenvalue weighted by Gasteiger charge is -2.07. The first kappa shape index (κ1) is 14.3. The topological polar surface area (TPSA) is 64.3 Å². The van der Waals surface area contributed by atoms with E-state index in [9.17, 15) is 8.42 Å². The van der Waals surface area contributed by atoms with Crippen molar-refractivity contribution in [1.29, 1.82) is 0 Å². The largest absolute Gasteiger partial charge is 0.270 e. The fraction of sp³-hybridized carbons (Fsp3) is 0.286. The Morgan fingerprint density at radius 1 is 1.24 bits per heavy atom. The van der Waals surface area contributed by atoms with Crippen molar-refractivity contribution in [3.05, 3.63) is 35.9 Å². The molecule has 0 N–H and O–H groups in total. The van der Waals surface area contributed by atoms with Crippen LogP contribution in [0.25, 0.3) is 16.6 Å². The number of para-hydroxylation sites is 1. The third-order valence-corrected chi connectivity index (χ3v) is 5.39. The SMILES string of the molecule is Cc1cc2nnc(SCCS(C)(=O)=O)n2c2ccccc12. The quantitative estimate of drug-likeness (QED) is 0.690. The lowest BCUT2D eigenvalue weighted by atomic mass is 10.1. The Morgan fingerprint density at radius 3 is 2.76 bits per heavy atom. The van der Waals surface area contributed by atoms with Crippen molar-refractivity contribution in [2.24, 2.45) is 0 Å². The molecule has 7 heteroatoms. The van der Waals surface area contributed by atoms with Crippen LogP contribution in [0.3, 0.4) is 0 Å². The van der Waals surface area contributed by atoms with Crippen molar-refractivity contribution >= 4 is 38.1 Å². The van der Waals surface area contributed by atoms with Crippen molar-refractivity contribution in [1.82, 2.24) is 14.6 Å². The molecule has 0 aliphatic carbocycles. The van der Waals surface area contributed by atoms with E-state index in [1.165, 1.54) is 18.0 Å². The summed E-state index contributed by atoms with van der Waals surface area (Å²) in [4.78, 5) is 0. The summed E-state index contributed by atoms with van der Waals surface area (Å²) < 4.78 is 24.4. The third kappa shape index (κ3) is 2.89. The number of pyridine rings is 1. The van der Waals surface area contributed by atoms with Gasteiger partial charge in [0.05, 0.1) is 11.3 Å². The maximum atomic E-state index is 11.2. The smallest absolute Gasteiger partial charge is 0.196 e. The minimum Gasteiger partial charge on any atom is -0.270 e. The molecule has 0 spiro atoms. The van der Waals surface area contributed by atoms with Gasteiger partial charge in [0.2, 0.25) is 0 Å². The average Bonchev–Trinajstić information content (AvgIpc) is 2.81. The lowest BCUT2D eigenvalue weighted by molar-refractivity contribution is 0.603. The van der Waals surface area contributed by atoms with Crippen LogP contribution in [0.1, 0.15) is 5.56 Å². The normalized spacial score (nSPS) is 12.3. The summed E-state index contributed by atoms with van der Waals surface area (Å²) in [5.74, 6) is 0.609. The van der Waals surface area contributed by atoms with Crippen LogP contribution in [0.2, 0.25) is 0 Å². The van der Waals surface area contributed by atoms with E-state index in [1.54, 1.807) is 0 Å². The molecule has 1 aromatic carbocycles. The summed E-state index contributed by atoms with van der Waals surface area (Å²) in [7, 11) is -2.96. The summed E-state index contributed by atoms with van der Waals surface area (Å²) in [6, 6.07) is 10.1. The third-order valence-electron chi connectivity index (χ3n) is 3.26. The van der Waals surface area contributed by atoms with Crippen molar-refractivity contribution in [3.8, 4) is 0 Å². The lowest BCUT2D eigenvalue weighted by Crippen LogP contribution is -2.05. The second kappa shape index (κ2) is 5.31. The maximum Gasteiger partial charge on any atom is 0.196 e. The Balaban J connectivity index is 2.06. The molecule has 2 aromatic heterocycles. The van der Waals surface area contributed by atoms with Crippen LogP contribution in [-0.4, -0.2) is 40.8 Å². The summed E-state index contributed by atoms with van der Waals surface area (Å²) in [6.07, 6.45) is 1.24. The number of fused-ring (bicyclic) bond motifs is 3. The van der Waals surface area contributed by atoms with Gasteiger partial charge in [0.15, 0.2) is 10.8 Å². The van der Waals surface area contributed by atoms with Crippen LogP contribution in [0.4, 0.5) is 0 Å². The van der Waals surface area contributed by atoms with Gasteiger partial charge in [-0.1, -0.05) is 30.0 Å². The first-order chi connectivity index (χ1) is 9.96. The maximum absolute atomic E-state index is 11.2. The van der Waals surface area contributed by atoms with Gasteiger partial charge in [0.25, 0.3) is 0 Å². The molecule has 3 aromatic rings. The molecule has 0 aliphatic heterocycles. The van der Waals surface area contributed by atoms with Gasteiger partial charge in [-0.05, 0) is 24.6 Å². The number of hydrogen-bond donors (Lipinski definition) is 0. The molecule has 0 radical (unpaired) electrons. The molecule has 0 bridgehead atoms. The van der Waals surface area contributed by atoms with E-state index in [1.807, 2.05) is 35.6 Å². The molecule has 21 heavy (non-hydrogen) atoms. The molecular formula is C14H15N3O2S2. The fourth-order valence-electron chi connectivity index (χ4n) is 2.25. The molecule has 2 heterocycles. The molecular weight excluding hydrogens is 306 g/mol. The van der Waals surface area contributed by atoms with Gasteiger partial charge >= 0.3 is 0 Å². The van der Waals surface area contributed by atoms with Crippen LogP contribution in [0.15, 0.2) is 35.5 Å². The highest BCUT2D eigenvalue weighted by Crippen LogP contribution is 2.25. The van der Waals surface area contributed by atoms with E-state index in [4.69, 9.17) is 0 Å². The van der Waals surface area contributed by atoms with Gasteiger partial charge in [0, 0.05) is 17.4 Å². The molecule has 0 saturated carbocycles. The number of sulfone groups is 1. The second-order valence-corrected chi connectivity index (χ2v) is 8.32. The molecule has 3 rings (SSSR count). The highest BCUT2D eigenvalue weighted by atomic mass is 32.2. The van der Waals surface area contributed by atoms with E-state index in [0.717, 1.165) is 27.3 Å². The summed E-state index contributed by atoms with van der Waals surface area (Å²) in [6.45, 7) is 2.05. The van der Waals surface area contributed by atoms with Gasteiger partial charge in [-0.25, -0.2) is 8.42 Å². The predicted octanol–water partition coefficient (Wildman–Crippen LogP) is 2.33. The zero-order valence-corrected chi connectivity index (χ0v) is 13.4. The number of thioether (sulfide) groups is 1. The van der Waals surface area contributed by atoms with Crippen LogP contribution in [0.5, 0.6) is 0 Å². The Hall–Kier alpha value is -1.60.